The summed E-state index contributed by atoms with van der Waals surface area (Å²) in [6.45, 7) is 7.78. The lowest BCUT2D eigenvalue weighted by molar-refractivity contribution is 0.455. The standard InChI is InChI=1S/C18H27N/c1-4-19-18(14-10-9-12(2)11-13(14)3)17-15-7-5-6-8-16(15)17/h9-11,15-19H,4-8H2,1-3H3. The molecule has 1 aromatic rings. The molecule has 3 unspecified atom stereocenters. The van der Waals surface area contributed by atoms with Gasteiger partial charge in [0.1, 0.15) is 0 Å². The lowest BCUT2D eigenvalue weighted by Gasteiger charge is -2.21. The molecule has 1 N–H and O–H groups in total. The van der Waals surface area contributed by atoms with Gasteiger partial charge in [-0.25, -0.2) is 0 Å². The Kier molecular flexibility index (Phi) is 3.66. The molecule has 0 heterocycles. The van der Waals surface area contributed by atoms with E-state index >= 15 is 0 Å². The van der Waals surface area contributed by atoms with Gasteiger partial charge in [-0.3, -0.25) is 0 Å². The molecule has 2 saturated carbocycles. The van der Waals surface area contributed by atoms with E-state index in [1.54, 1.807) is 5.56 Å². The van der Waals surface area contributed by atoms with Crippen molar-refractivity contribution >= 4 is 0 Å². The maximum Gasteiger partial charge on any atom is 0.0356 e. The fraction of sp³-hybridized carbons (Fsp3) is 0.667. The van der Waals surface area contributed by atoms with Gasteiger partial charge < -0.3 is 5.32 Å². The maximum absolute atomic E-state index is 3.78. The molecule has 0 saturated heterocycles. The van der Waals surface area contributed by atoms with Crippen LogP contribution in [0.2, 0.25) is 0 Å². The molecular formula is C18H27N. The fourth-order valence-corrected chi connectivity index (χ4v) is 4.39. The largest absolute Gasteiger partial charge is 0.310 e. The summed E-state index contributed by atoms with van der Waals surface area (Å²) < 4.78 is 0. The normalized spacial score (nSPS) is 30.8. The third-order valence-corrected chi connectivity index (χ3v) is 5.29. The van der Waals surface area contributed by atoms with Crippen LogP contribution in [0.25, 0.3) is 0 Å². The summed E-state index contributed by atoms with van der Waals surface area (Å²) in [6, 6.07) is 7.57. The Morgan fingerprint density at radius 3 is 2.42 bits per heavy atom. The molecule has 104 valence electrons. The Labute approximate surface area is 117 Å². The number of hydrogen-bond acceptors (Lipinski definition) is 1. The smallest absolute Gasteiger partial charge is 0.0356 e. The SMILES string of the molecule is CCNC(c1ccc(C)cc1C)C1C2CCCCC21. The minimum absolute atomic E-state index is 0.596. The minimum atomic E-state index is 0.596. The molecule has 0 spiro atoms. The van der Waals surface area contributed by atoms with Gasteiger partial charge in [0.15, 0.2) is 0 Å². The number of rotatable bonds is 4. The highest BCUT2D eigenvalue weighted by Gasteiger charge is 2.54. The van der Waals surface area contributed by atoms with E-state index in [9.17, 15) is 0 Å². The third-order valence-electron chi connectivity index (χ3n) is 5.29. The van der Waals surface area contributed by atoms with E-state index in [2.05, 4.69) is 44.3 Å². The van der Waals surface area contributed by atoms with Gasteiger partial charge in [0.2, 0.25) is 0 Å². The monoisotopic (exact) mass is 257 g/mol. The van der Waals surface area contributed by atoms with Crippen LogP contribution in [0.3, 0.4) is 0 Å². The number of fused-ring (bicyclic) bond motifs is 1. The molecular weight excluding hydrogens is 230 g/mol. The summed E-state index contributed by atoms with van der Waals surface area (Å²) in [5, 5.41) is 3.78. The van der Waals surface area contributed by atoms with Crippen LogP contribution >= 0.6 is 0 Å². The van der Waals surface area contributed by atoms with Crippen LogP contribution in [-0.2, 0) is 0 Å². The van der Waals surface area contributed by atoms with Crippen molar-refractivity contribution in [3.63, 3.8) is 0 Å². The highest BCUT2D eigenvalue weighted by molar-refractivity contribution is 5.34. The van der Waals surface area contributed by atoms with E-state index in [0.717, 1.165) is 24.3 Å². The second-order valence-electron chi connectivity index (χ2n) is 6.58. The van der Waals surface area contributed by atoms with Crippen molar-refractivity contribution in [2.24, 2.45) is 17.8 Å². The molecule has 0 aromatic heterocycles. The van der Waals surface area contributed by atoms with Gasteiger partial charge in [0.25, 0.3) is 0 Å². The Balaban J connectivity index is 1.84. The first-order valence-corrected chi connectivity index (χ1v) is 8.03. The molecule has 3 rings (SSSR count). The van der Waals surface area contributed by atoms with Crippen molar-refractivity contribution < 1.29 is 0 Å². The van der Waals surface area contributed by atoms with Gasteiger partial charge in [0, 0.05) is 6.04 Å². The molecule has 2 aliphatic rings. The third kappa shape index (κ3) is 2.45. The van der Waals surface area contributed by atoms with Crippen molar-refractivity contribution in [1.29, 1.82) is 0 Å². The van der Waals surface area contributed by atoms with Crippen LogP contribution in [0, 0.1) is 31.6 Å². The minimum Gasteiger partial charge on any atom is -0.310 e. The van der Waals surface area contributed by atoms with E-state index in [4.69, 9.17) is 0 Å². The van der Waals surface area contributed by atoms with Crippen molar-refractivity contribution in [2.75, 3.05) is 6.54 Å². The van der Waals surface area contributed by atoms with E-state index in [0.29, 0.717) is 6.04 Å². The van der Waals surface area contributed by atoms with Crippen LogP contribution in [0.4, 0.5) is 0 Å². The second-order valence-corrected chi connectivity index (χ2v) is 6.58. The van der Waals surface area contributed by atoms with Gasteiger partial charge in [-0.15, -0.1) is 0 Å². The molecule has 0 aliphatic heterocycles. The molecule has 1 aromatic carbocycles. The number of hydrogen-bond donors (Lipinski definition) is 1. The molecule has 0 bridgehead atoms. The van der Waals surface area contributed by atoms with Crippen LogP contribution in [-0.4, -0.2) is 6.54 Å². The van der Waals surface area contributed by atoms with Crippen molar-refractivity contribution in [1.82, 2.24) is 5.32 Å². The summed E-state index contributed by atoms with van der Waals surface area (Å²) in [5.74, 6) is 2.93. The van der Waals surface area contributed by atoms with E-state index < -0.39 is 0 Å². The van der Waals surface area contributed by atoms with Gasteiger partial charge in [-0.1, -0.05) is 43.5 Å². The number of aryl methyl sites for hydroxylation is 2. The topological polar surface area (TPSA) is 12.0 Å². The first kappa shape index (κ1) is 13.2. The molecule has 19 heavy (non-hydrogen) atoms. The number of nitrogens with one attached hydrogen (secondary N) is 1. The van der Waals surface area contributed by atoms with E-state index in [1.165, 1.54) is 36.8 Å². The fourth-order valence-electron chi connectivity index (χ4n) is 4.39. The molecule has 3 atom stereocenters. The van der Waals surface area contributed by atoms with E-state index in [-0.39, 0.29) is 0 Å². The quantitative estimate of drug-likeness (QED) is 0.843. The van der Waals surface area contributed by atoms with Crippen molar-refractivity contribution in [3.05, 3.63) is 34.9 Å². The molecule has 2 aliphatic carbocycles. The van der Waals surface area contributed by atoms with Gasteiger partial charge in [-0.05, 0) is 62.1 Å². The van der Waals surface area contributed by atoms with Crippen LogP contribution in [0.1, 0.15) is 55.3 Å². The van der Waals surface area contributed by atoms with Crippen LogP contribution in [0.5, 0.6) is 0 Å². The predicted molar refractivity (Wildman–Crippen MR) is 81.3 cm³/mol. The average Bonchev–Trinajstić information content (AvgIpc) is 3.11. The Morgan fingerprint density at radius 1 is 1.16 bits per heavy atom. The summed E-state index contributed by atoms with van der Waals surface area (Å²) >= 11 is 0. The lowest BCUT2D eigenvalue weighted by Crippen LogP contribution is -2.24. The Hall–Kier alpha value is -0.820. The van der Waals surface area contributed by atoms with Crippen molar-refractivity contribution in [3.8, 4) is 0 Å². The van der Waals surface area contributed by atoms with Crippen LogP contribution in [0.15, 0.2) is 18.2 Å². The van der Waals surface area contributed by atoms with Crippen molar-refractivity contribution in [2.45, 2.75) is 52.5 Å². The zero-order chi connectivity index (χ0) is 13.4. The number of benzene rings is 1. The van der Waals surface area contributed by atoms with Gasteiger partial charge in [-0.2, -0.15) is 0 Å². The van der Waals surface area contributed by atoms with Gasteiger partial charge >= 0.3 is 0 Å². The molecule has 1 heteroatoms. The summed E-state index contributed by atoms with van der Waals surface area (Å²) in [4.78, 5) is 0. The highest BCUT2D eigenvalue weighted by atomic mass is 14.9. The molecule has 2 fully saturated rings. The molecule has 0 radical (unpaired) electrons. The summed E-state index contributed by atoms with van der Waals surface area (Å²) in [6.07, 6.45) is 5.87. The molecule has 0 amide bonds. The first-order chi connectivity index (χ1) is 9.22. The van der Waals surface area contributed by atoms with Crippen LogP contribution < -0.4 is 5.32 Å². The zero-order valence-corrected chi connectivity index (χ0v) is 12.6. The first-order valence-electron chi connectivity index (χ1n) is 8.03. The second kappa shape index (κ2) is 5.28. The van der Waals surface area contributed by atoms with E-state index in [1.807, 2.05) is 0 Å². The Morgan fingerprint density at radius 2 is 1.84 bits per heavy atom. The zero-order valence-electron chi connectivity index (χ0n) is 12.6. The summed E-state index contributed by atoms with van der Waals surface area (Å²) in [7, 11) is 0. The van der Waals surface area contributed by atoms with Gasteiger partial charge in [0.05, 0.1) is 0 Å². The maximum atomic E-state index is 3.78. The Bertz CT molecular complexity index is 439. The lowest BCUT2D eigenvalue weighted by atomic mass is 9.94. The highest BCUT2D eigenvalue weighted by Crippen LogP contribution is 2.60. The molecule has 1 nitrogen and oxygen atoms in total. The predicted octanol–water partition coefficient (Wildman–Crippen LogP) is 4.39. The average molecular weight is 257 g/mol. The summed E-state index contributed by atoms with van der Waals surface area (Å²) in [5.41, 5.74) is 4.39.